The predicted octanol–water partition coefficient (Wildman–Crippen LogP) is 1.17. The summed E-state index contributed by atoms with van der Waals surface area (Å²) in [5.41, 5.74) is 0. The van der Waals surface area contributed by atoms with Gasteiger partial charge >= 0.3 is 6.18 Å². The van der Waals surface area contributed by atoms with Crippen LogP contribution < -0.4 is 0 Å². The summed E-state index contributed by atoms with van der Waals surface area (Å²) in [5, 5.41) is -1.45. The molecular weight excluding hydrogens is 309 g/mol. The van der Waals surface area contributed by atoms with Gasteiger partial charge in [-0.25, -0.2) is 12.7 Å². The summed E-state index contributed by atoms with van der Waals surface area (Å²) in [6.07, 6.45) is -4.53. The standard InChI is InChI=1S/C12H23F3N2O3S/c1-9(2)20-6-5-17-7-10(12(13,14)15)11(8-17)21(18,19)16(3)4/h9-11H,5-8H2,1-4H3/t10-,11-/m0/s1. The number of nitrogens with zero attached hydrogens (tertiary/aromatic N) is 2. The Morgan fingerprint density at radius 3 is 2.29 bits per heavy atom. The van der Waals surface area contributed by atoms with Gasteiger partial charge in [-0.2, -0.15) is 13.2 Å². The van der Waals surface area contributed by atoms with E-state index < -0.39 is 27.4 Å². The summed E-state index contributed by atoms with van der Waals surface area (Å²) in [6.45, 7) is 3.83. The molecule has 1 fully saturated rings. The van der Waals surface area contributed by atoms with Crippen molar-refractivity contribution in [3.8, 4) is 0 Å². The molecule has 0 aromatic rings. The van der Waals surface area contributed by atoms with Crippen molar-refractivity contribution in [2.45, 2.75) is 31.4 Å². The molecule has 1 rings (SSSR count). The van der Waals surface area contributed by atoms with Gasteiger partial charge in [0.15, 0.2) is 0 Å². The highest BCUT2D eigenvalue weighted by Gasteiger charge is 2.54. The first-order chi connectivity index (χ1) is 9.46. The number of hydrogen-bond donors (Lipinski definition) is 0. The van der Waals surface area contributed by atoms with Gasteiger partial charge in [-0.3, -0.25) is 4.90 Å². The molecule has 5 nitrogen and oxygen atoms in total. The highest BCUT2D eigenvalue weighted by Crippen LogP contribution is 2.37. The smallest absolute Gasteiger partial charge is 0.377 e. The van der Waals surface area contributed by atoms with Gasteiger partial charge in [-0.05, 0) is 13.8 Å². The second-order valence-corrected chi connectivity index (χ2v) is 8.06. The van der Waals surface area contributed by atoms with Gasteiger partial charge < -0.3 is 4.74 Å². The highest BCUT2D eigenvalue weighted by atomic mass is 32.2. The van der Waals surface area contributed by atoms with Crippen LogP contribution in [0.5, 0.6) is 0 Å². The van der Waals surface area contributed by atoms with Crippen molar-refractivity contribution in [3.63, 3.8) is 0 Å². The number of ether oxygens (including phenoxy) is 1. The molecule has 1 heterocycles. The molecular formula is C12H23F3N2O3S. The first-order valence-electron chi connectivity index (χ1n) is 6.78. The topological polar surface area (TPSA) is 49.9 Å². The average molecular weight is 332 g/mol. The molecule has 0 bridgehead atoms. The SMILES string of the molecule is CC(C)OCCN1C[C@H](C(F)(F)F)[C@@H](S(=O)(=O)N(C)C)C1. The summed E-state index contributed by atoms with van der Waals surface area (Å²) in [6, 6.07) is 0. The third-order valence-electron chi connectivity index (χ3n) is 3.51. The largest absolute Gasteiger partial charge is 0.394 e. The summed E-state index contributed by atoms with van der Waals surface area (Å²) < 4.78 is 69.6. The van der Waals surface area contributed by atoms with E-state index in [9.17, 15) is 21.6 Å². The lowest BCUT2D eigenvalue weighted by Gasteiger charge is -2.24. The lowest BCUT2D eigenvalue weighted by molar-refractivity contribution is -0.169. The molecule has 0 amide bonds. The third-order valence-corrected chi connectivity index (χ3v) is 5.77. The van der Waals surface area contributed by atoms with Gasteiger partial charge in [0, 0.05) is 33.7 Å². The second kappa shape index (κ2) is 6.80. The van der Waals surface area contributed by atoms with Crippen molar-refractivity contribution < 1.29 is 26.3 Å². The van der Waals surface area contributed by atoms with Crippen molar-refractivity contribution >= 4 is 10.0 Å². The van der Waals surface area contributed by atoms with E-state index in [2.05, 4.69) is 0 Å². The van der Waals surface area contributed by atoms with Crippen molar-refractivity contribution in [1.29, 1.82) is 0 Å². The quantitative estimate of drug-likeness (QED) is 0.733. The van der Waals surface area contributed by atoms with Gasteiger partial charge in [0.2, 0.25) is 10.0 Å². The zero-order chi connectivity index (χ0) is 16.4. The maximum Gasteiger partial charge on any atom is 0.394 e. The average Bonchev–Trinajstić information content (AvgIpc) is 2.72. The Bertz CT molecular complexity index is 438. The summed E-state index contributed by atoms with van der Waals surface area (Å²) in [5.74, 6) is -1.86. The van der Waals surface area contributed by atoms with Crippen molar-refractivity contribution in [2.75, 3.05) is 40.3 Å². The zero-order valence-corrected chi connectivity index (χ0v) is 13.5. The minimum Gasteiger partial charge on any atom is -0.377 e. The third kappa shape index (κ3) is 4.80. The summed E-state index contributed by atoms with van der Waals surface area (Å²) in [7, 11) is -1.44. The highest BCUT2D eigenvalue weighted by molar-refractivity contribution is 7.89. The van der Waals surface area contributed by atoms with E-state index in [-0.39, 0.29) is 25.8 Å². The van der Waals surface area contributed by atoms with E-state index in [4.69, 9.17) is 4.74 Å². The van der Waals surface area contributed by atoms with E-state index in [0.717, 1.165) is 4.31 Å². The molecule has 9 heteroatoms. The molecule has 0 saturated carbocycles. The Morgan fingerprint density at radius 2 is 1.86 bits per heavy atom. The molecule has 0 spiro atoms. The Hall–Kier alpha value is -0.380. The number of alkyl halides is 3. The van der Waals surface area contributed by atoms with E-state index in [1.165, 1.54) is 19.0 Å². The molecule has 21 heavy (non-hydrogen) atoms. The van der Waals surface area contributed by atoms with Crippen LogP contribution in [-0.2, 0) is 14.8 Å². The Morgan fingerprint density at radius 1 is 1.29 bits per heavy atom. The first kappa shape index (κ1) is 18.7. The van der Waals surface area contributed by atoms with Crippen molar-refractivity contribution in [1.82, 2.24) is 9.21 Å². The van der Waals surface area contributed by atoms with E-state index >= 15 is 0 Å². The monoisotopic (exact) mass is 332 g/mol. The molecule has 0 aliphatic carbocycles. The minimum atomic E-state index is -4.53. The fourth-order valence-corrected chi connectivity index (χ4v) is 3.94. The van der Waals surface area contributed by atoms with Crippen LogP contribution in [0.15, 0.2) is 0 Å². The van der Waals surface area contributed by atoms with Crippen LogP contribution in [0, 0.1) is 5.92 Å². The molecule has 1 aliphatic heterocycles. The molecule has 0 radical (unpaired) electrons. The van der Waals surface area contributed by atoms with Crippen LogP contribution in [0.3, 0.4) is 0 Å². The molecule has 1 saturated heterocycles. The van der Waals surface area contributed by atoms with Gasteiger partial charge in [-0.15, -0.1) is 0 Å². The van der Waals surface area contributed by atoms with Crippen LogP contribution in [0.4, 0.5) is 13.2 Å². The number of rotatable bonds is 6. The molecule has 1 aliphatic rings. The molecule has 0 unspecified atom stereocenters. The molecule has 0 aromatic heterocycles. The van der Waals surface area contributed by atoms with Gasteiger partial charge in [0.05, 0.1) is 18.6 Å². The van der Waals surface area contributed by atoms with Crippen LogP contribution in [0.25, 0.3) is 0 Å². The van der Waals surface area contributed by atoms with E-state index in [1.807, 2.05) is 13.8 Å². The Balaban J connectivity index is 2.81. The lowest BCUT2D eigenvalue weighted by Crippen LogP contribution is -2.43. The lowest BCUT2D eigenvalue weighted by atomic mass is 10.1. The second-order valence-electron chi connectivity index (χ2n) is 5.69. The minimum absolute atomic E-state index is 0.00711. The van der Waals surface area contributed by atoms with Gasteiger partial charge in [0.25, 0.3) is 0 Å². The maximum atomic E-state index is 13.1. The fraction of sp³-hybridized carbons (Fsp3) is 1.00. The molecule has 0 aromatic carbocycles. The van der Waals surface area contributed by atoms with Crippen molar-refractivity contribution in [3.05, 3.63) is 0 Å². The van der Waals surface area contributed by atoms with Crippen molar-refractivity contribution in [2.24, 2.45) is 5.92 Å². The van der Waals surface area contributed by atoms with Crippen LogP contribution in [-0.4, -0.2) is 75.5 Å². The predicted molar refractivity (Wildman–Crippen MR) is 73.5 cm³/mol. The van der Waals surface area contributed by atoms with E-state index in [0.29, 0.717) is 6.54 Å². The molecule has 2 atom stereocenters. The summed E-state index contributed by atoms with van der Waals surface area (Å²) >= 11 is 0. The normalized spacial score (nSPS) is 25.2. The fourth-order valence-electron chi connectivity index (χ4n) is 2.34. The zero-order valence-electron chi connectivity index (χ0n) is 12.7. The van der Waals surface area contributed by atoms with Crippen LogP contribution >= 0.6 is 0 Å². The number of sulfonamides is 1. The Kier molecular flexibility index (Phi) is 6.05. The van der Waals surface area contributed by atoms with Gasteiger partial charge in [-0.1, -0.05) is 0 Å². The molecule has 126 valence electrons. The summed E-state index contributed by atoms with van der Waals surface area (Å²) in [4.78, 5) is 1.51. The van der Waals surface area contributed by atoms with Gasteiger partial charge in [0.1, 0.15) is 5.25 Å². The van der Waals surface area contributed by atoms with Crippen LogP contribution in [0.2, 0.25) is 0 Å². The van der Waals surface area contributed by atoms with Crippen LogP contribution in [0.1, 0.15) is 13.8 Å². The maximum absolute atomic E-state index is 13.1. The number of halogens is 3. The number of likely N-dealkylation sites (tertiary alicyclic amines) is 1. The Labute approximate surface area is 124 Å². The van der Waals surface area contributed by atoms with E-state index in [1.54, 1.807) is 0 Å². The first-order valence-corrected chi connectivity index (χ1v) is 8.28. The number of hydrogen-bond acceptors (Lipinski definition) is 4. The molecule has 0 N–H and O–H groups in total.